The fourth-order valence-electron chi connectivity index (χ4n) is 10.1. The van der Waals surface area contributed by atoms with Crippen molar-refractivity contribution in [1.29, 1.82) is 0 Å². The Labute approximate surface area is 353 Å². The van der Waals surface area contributed by atoms with Gasteiger partial charge in [0.15, 0.2) is 0 Å². The minimum absolute atomic E-state index is 0.113. The van der Waals surface area contributed by atoms with Crippen LogP contribution in [0, 0.1) is 6.92 Å². The van der Waals surface area contributed by atoms with E-state index in [2.05, 4.69) is 246 Å². The zero-order valence-electron chi connectivity index (χ0n) is 33.2. The van der Waals surface area contributed by atoms with Crippen LogP contribution in [0.15, 0.2) is 244 Å². The van der Waals surface area contributed by atoms with Crippen LogP contribution in [0.1, 0.15) is 5.56 Å². The first kappa shape index (κ1) is 34.8. The van der Waals surface area contributed by atoms with Gasteiger partial charge in [0.25, 0.3) is 0 Å². The van der Waals surface area contributed by atoms with E-state index in [-0.39, 0.29) is 6.85 Å². The standard InChI is InChI=1S/C55H40BN3S/c1-39-36-47-46-30-19-33-53-55(46)59(50-31-17-18-32-52(50)60(53,44-26-13-5-14-27-44)45-28-15-6-16-29-45)56-48-38-43(57(40-20-7-2-8-21-40)41-22-9-3-10-23-41)34-35-49(48)58(51(37-39)54(47)56)42-24-11-4-12-25-42/h2-38H,1H3. The molecule has 0 aliphatic carbocycles. The number of aryl methyl sites for hydroxylation is 1. The maximum absolute atomic E-state index is 2.72. The van der Waals surface area contributed by atoms with E-state index in [1.54, 1.807) is 0 Å². The smallest absolute Gasteiger partial charge is 0.333 e. The molecule has 5 heteroatoms. The van der Waals surface area contributed by atoms with Crippen molar-refractivity contribution in [3.63, 3.8) is 0 Å². The van der Waals surface area contributed by atoms with Crippen molar-refractivity contribution in [3.8, 4) is 11.1 Å². The molecule has 9 aromatic rings. The number of hydrogen-bond acceptors (Lipinski definition) is 3. The number of fused-ring (bicyclic) bond motifs is 6. The molecular formula is C55H40BN3S. The molecule has 0 bridgehead atoms. The third-order valence-electron chi connectivity index (χ3n) is 12.4. The Bertz CT molecular complexity index is 2990. The second-order valence-corrected chi connectivity index (χ2v) is 18.8. The average Bonchev–Trinajstić information content (AvgIpc) is 3.31. The predicted molar refractivity (Wildman–Crippen MR) is 253 cm³/mol. The van der Waals surface area contributed by atoms with Crippen LogP contribution >= 0.6 is 10.0 Å². The Balaban J connectivity index is 1.21. The van der Waals surface area contributed by atoms with E-state index in [9.17, 15) is 0 Å². The second kappa shape index (κ2) is 13.7. The molecule has 3 aliphatic rings. The fraction of sp³-hybridized carbons (Fsp3) is 0.0182. The van der Waals surface area contributed by atoms with Crippen LogP contribution < -0.4 is 25.5 Å². The van der Waals surface area contributed by atoms with Gasteiger partial charge >= 0.3 is 6.85 Å². The lowest BCUT2D eigenvalue weighted by Gasteiger charge is -2.54. The first-order valence-corrected chi connectivity index (χ1v) is 22.3. The minimum Gasteiger partial charge on any atom is -0.375 e. The molecule has 0 saturated carbocycles. The highest BCUT2D eigenvalue weighted by atomic mass is 32.3. The summed E-state index contributed by atoms with van der Waals surface area (Å²) in [4.78, 5) is 13.0. The molecule has 0 atom stereocenters. The van der Waals surface area contributed by atoms with Crippen molar-refractivity contribution in [2.75, 3.05) is 14.6 Å². The fourth-order valence-corrected chi connectivity index (χ4v) is 14.3. The normalized spacial score (nSPS) is 14.3. The van der Waals surface area contributed by atoms with Crippen LogP contribution in [0.25, 0.3) is 11.1 Å². The zero-order valence-corrected chi connectivity index (χ0v) is 34.0. The van der Waals surface area contributed by atoms with Crippen LogP contribution in [0.3, 0.4) is 0 Å². The molecule has 9 aromatic carbocycles. The van der Waals surface area contributed by atoms with E-state index in [0.717, 1.165) is 22.7 Å². The number of benzene rings is 9. The zero-order chi connectivity index (χ0) is 39.8. The summed E-state index contributed by atoms with van der Waals surface area (Å²) in [5.74, 6) is 0. The monoisotopic (exact) mass is 785 g/mol. The molecule has 0 spiro atoms. The van der Waals surface area contributed by atoms with Gasteiger partial charge in [-0.25, -0.2) is 0 Å². The molecule has 60 heavy (non-hydrogen) atoms. The van der Waals surface area contributed by atoms with Crippen molar-refractivity contribution < 1.29 is 0 Å². The maximum Gasteiger partial charge on any atom is 0.333 e. The molecule has 0 fully saturated rings. The van der Waals surface area contributed by atoms with Gasteiger partial charge < -0.3 is 14.6 Å². The van der Waals surface area contributed by atoms with Crippen LogP contribution in [-0.2, 0) is 0 Å². The van der Waals surface area contributed by atoms with E-state index in [1.165, 1.54) is 69.9 Å². The highest BCUT2D eigenvalue weighted by molar-refractivity contribution is 8.34. The summed E-state index contributed by atoms with van der Waals surface area (Å²) < 4.78 is 0. The first-order valence-electron chi connectivity index (χ1n) is 20.7. The molecule has 0 N–H and O–H groups in total. The molecule has 0 radical (unpaired) electrons. The van der Waals surface area contributed by atoms with Gasteiger partial charge in [-0.3, -0.25) is 0 Å². The van der Waals surface area contributed by atoms with Gasteiger partial charge in [0, 0.05) is 65.0 Å². The van der Waals surface area contributed by atoms with E-state index < -0.39 is 10.0 Å². The van der Waals surface area contributed by atoms with Crippen molar-refractivity contribution >= 4 is 73.3 Å². The molecule has 3 aliphatic heterocycles. The van der Waals surface area contributed by atoms with Crippen LogP contribution in [0.4, 0.5) is 45.5 Å². The van der Waals surface area contributed by atoms with Crippen molar-refractivity contribution in [2.24, 2.45) is 0 Å². The topological polar surface area (TPSA) is 9.72 Å². The van der Waals surface area contributed by atoms with Crippen molar-refractivity contribution in [2.45, 2.75) is 26.5 Å². The summed E-state index contributed by atoms with van der Waals surface area (Å²) in [5.41, 5.74) is 15.9. The number of rotatable bonds is 6. The van der Waals surface area contributed by atoms with Crippen molar-refractivity contribution in [3.05, 3.63) is 230 Å². The summed E-state index contributed by atoms with van der Waals surface area (Å²) in [5, 5.41) is 0. The number of anilines is 8. The Morgan fingerprint density at radius 2 is 1.00 bits per heavy atom. The Kier molecular flexibility index (Phi) is 7.94. The predicted octanol–water partition coefficient (Wildman–Crippen LogP) is 13.8. The van der Waals surface area contributed by atoms with Crippen molar-refractivity contribution in [1.82, 2.24) is 0 Å². The lowest BCUT2D eigenvalue weighted by atomic mass is 9.43. The highest BCUT2D eigenvalue weighted by Crippen LogP contribution is 2.80. The van der Waals surface area contributed by atoms with Gasteiger partial charge in [-0.2, -0.15) is 0 Å². The summed E-state index contributed by atoms with van der Waals surface area (Å²) in [6, 6.07) is 83.4. The van der Waals surface area contributed by atoms with Gasteiger partial charge in [0.1, 0.15) is 0 Å². The molecule has 0 saturated heterocycles. The molecular weight excluding hydrogens is 746 g/mol. The largest absolute Gasteiger partial charge is 0.375 e. The second-order valence-electron chi connectivity index (χ2n) is 15.8. The van der Waals surface area contributed by atoms with Crippen LogP contribution in [0.5, 0.6) is 0 Å². The Hall–Kier alpha value is -7.21. The number of nitrogens with zero attached hydrogens (tertiary/aromatic N) is 3. The quantitative estimate of drug-likeness (QED) is 0.156. The first-order chi connectivity index (χ1) is 29.7. The molecule has 0 unspecified atom stereocenters. The summed E-state index contributed by atoms with van der Waals surface area (Å²) in [6.45, 7) is 2.14. The third-order valence-corrected chi connectivity index (χ3v) is 16.4. The SMILES string of the molecule is Cc1cc2c3c(c1)N(c1ccccc1)c1ccc(N(c4ccccc4)c4ccccc4)cc1B3N1c3ccccc3S(c3ccccc3)(c3ccccc3)c3cccc-2c31. The van der Waals surface area contributed by atoms with Crippen LogP contribution in [-0.4, -0.2) is 6.85 Å². The number of para-hydroxylation sites is 5. The number of hydrogen-bond donors (Lipinski definition) is 0. The Morgan fingerprint density at radius 3 is 1.65 bits per heavy atom. The lowest BCUT2D eigenvalue weighted by molar-refractivity contribution is 1.15. The van der Waals surface area contributed by atoms with E-state index in [1.807, 2.05) is 0 Å². The Morgan fingerprint density at radius 1 is 0.433 bits per heavy atom. The molecule has 3 nitrogen and oxygen atoms in total. The molecule has 284 valence electrons. The summed E-state index contributed by atoms with van der Waals surface area (Å²) >= 11 is 0. The maximum atomic E-state index is 2.72. The summed E-state index contributed by atoms with van der Waals surface area (Å²) in [6.07, 6.45) is 0. The molecule has 3 heterocycles. The third kappa shape index (κ3) is 4.99. The van der Waals surface area contributed by atoms with Gasteiger partial charge in [-0.05, 0) is 132 Å². The molecule has 12 rings (SSSR count). The van der Waals surface area contributed by atoms with Gasteiger partial charge in [0.2, 0.25) is 0 Å². The highest BCUT2D eigenvalue weighted by Gasteiger charge is 2.52. The van der Waals surface area contributed by atoms with Gasteiger partial charge in [0.05, 0.1) is 5.69 Å². The average molecular weight is 786 g/mol. The summed E-state index contributed by atoms with van der Waals surface area (Å²) in [7, 11) is -1.93. The van der Waals surface area contributed by atoms with E-state index >= 15 is 0 Å². The van der Waals surface area contributed by atoms with E-state index in [0.29, 0.717) is 0 Å². The minimum atomic E-state index is -1.93. The lowest BCUT2D eigenvalue weighted by Crippen LogP contribution is -2.62. The van der Waals surface area contributed by atoms with Crippen LogP contribution in [0.2, 0.25) is 0 Å². The van der Waals surface area contributed by atoms with Gasteiger partial charge in [-0.15, -0.1) is 10.0 Å². The molecule has 0 amide bonds. The molecule has 0 aromatic heterocycles. The van der Waals surface area contributed by atoms with E-state index in [4.69, 9.17) is 0 Å². The van der Waals surface area contributed by atoms with Gasteiger partial charge in [-0.1, -0.05) is 121 Å².